The molecule has 0 atom stereocenters. The topological polar surface area (TPSA) is 75.2 Å². The Morgan fingerprint density at radius 1 is 1.21 bits per heavy atom. The Bertz CT molecular complexity index is 993. The van der Waals surface area contributed by atoms with Gasteiger partial charge in [0.2, 0.25) is 0 Å². The number of anilines is 1. The van der Waals surface area contributed by atoms with E-state index >= 15 is 0 Å². The molecule has 152 valence electrons. The highest BCUT2D eigenvalue weighted by Crippen LogP contribution is 2.24. The number of halogens is 1. The quantitative estimate of drug-likeness (QED) is 0.329. The molecule has 2 N–H and O–H groups in total. The standard InChI is InChI=1S/C22H25ClN4O2/c1-28-13-11-19-25-20-18(10-6-3-7-12-23)14-27(21(20)22(24)26-19)16-29-15-17-8-4-2-5-9-17/h2,4-5,8-9,14H,3,7,11-13,15-16H2,1H3,(H2,24,25,26). The largest absolute Gasteiger partial charge is 0.384 e. The van der Waals surface area contributed by atoms with Crippen LogP contribution in [0.2, 0.25) is 0 Å². The first-order valence-corrected chi connectivity index (χ1v) is 10.1. The van der Waals surface area contributed by atoms with Crippen molar-refractivity contribution in [3.8, 4) is 11.8 Å². The second-order valence-electron chi connectivity index (χ2n) is 6.54. The van der Waals surface area contributed by atoms with E-state index in [-0.39, 0.29) is 0 Å². The van der Waals surface area contributed by atoms with Crippen LogP contribution in [0.3, 0.4) is 0 Å². The minimum atomic E-state index is 0.333. The molecule has 0 radical (unpaired) electrons. The fourth-order valence-electron chi connectivity index (χ4n) is 2.92. The first-order chi connectivity index (χ1) is 14.2. The third kappa shape index (κ3) is 5.70. The van der Waals surface area contributed by atoms with Gasteiger partial charge >= 0.3 is 0 Å². The summed E-state index contributed by atoms with van der Waals surface area (Å²) in [5.74, 6) is 8.01. The Morgan fingerprint density at radius 2 is 2.03 bits per heavy atom. The summed E-state index contributed by atoms with van der Waals surface area (Å²) in [7, 11) is 1.65. The first kappa shape index (κ1) is 21.1. The molecule has 3 aromatic rings. The highest BCUT2D eigenvalue weighted by Gasteiger charge is 2.15. The van der Waals surface area contributed by atoms with Crippen LogP contribution in [0.15, 0.2) is 36.5 Å². The van der Waals surface area contributed by atoms with Crippen molar-refractivity contribution in [1.29, 1.82) is 0 Å². The lowest BCUT2D eigenvalue weighted by atomic mass is 10.2. The maximum atomic E-state index is 6.27. The SMILES string of the molecule is COCCc1nc(N)c2c(n1)c(C#CCCCCl)cn2COCc1ccccc1. The molecule has 0 amide bonds. The molecule has 0 fully saturated rings. The van der Waals surface area contributed by atoms with Gasteiger partial charge in [0.05, 0.1) is 18.8 Å². The molecular weight excluding hydrogens is 388 g/mol. The number of alkyl halides is 1. The molecule has 0 aliphatic heterocycles. The van der Waals surface area contributed by atoms with Crippen molar-refractivity contribution < 1.29 is 9.47 Å². The van der Waals surface area contributed by atoms with Crippen molar-refractivity contribution in [3.63, 3.8) is 0 Å². The predicted molar refractivity (Wildman–Crippen MR) is 116 cm³/mol. The highest BCUT2D eigenvalue weighted by atomic mass is 35.5. The van der Waals surface area contributed by atoms with E-state index in [2.05, 4.69) is 21.8 Å². The number of methoxy groups -OCH3 is 1. The Balaban J connectivity index is 1.87. The van der Waals surface area contributed by atoms with Crippen LogP contribution in [0.4, 0.5) is 5.82 Å². The summed E-state index contributed by atoms with van der Waals surface area (Å²) in [4.78, 5) is 9.12. The van der Waals surface area contributed by atoms with Gasteiger partial charge in [-0.1, -0.05) is 42.2 Å². The summed E-state index contributed by atoms with van der Waals surface area (Å²) < 4.78 is 12.9. The fraction of sp³-hybridized carbons (Fsp3) is 0.364. The van der Waals surface area contributed by atoms with Gasteiger partial charge in [0.15, 0.2) is 5.82 Å². The zero-order valence-corrected chi connectivity index (χ0v) is 17.3. The van der Waals surface area contributed by atoms with Crippen molar-refractivity contribution >= 4 is 28.5 Å². The zero-order chi connectivity index (χ0) is 20.5. The molecule has 0 saturated heterocycles. The molecule has 2 aromatic heterocycles. The maximum Gasteiger partial charge on any atom is 0.151 e. The summed E-state index contributed by atoms with van der Waals surface area (Å²) in [6.45, 7) is 1.37. The molecule has 0 aliphatic carbocycles. The van der Waals surface area contributed by atoms with Crippen LogP contribution in [-0.2, 0) is 29.2 Å². The van der Waals surface area contributed by atoms with E-state index in [1.54, 1.807) is 7.11 Å². The van der Waals surface area contributed by atoms with E-state index in [4.69, 9.17) is 26.8 Å². The molecule has 6 nitrogen and oxygen atoms in total. The third-order valence-electron chi connectivity index (χ3n) is 4.31. The van der Waals surface area contributed by atoms with Crippen LogP contribution >= 0.6 is 11.6 Å². The van der Waals surface area contributed by atoms with Gasteiger partial charge in [-0.25, -0.2) is 9.97 Å². The number of nitrogens with zero attached hydrogens (tertiary/aromatic N) is 3. The first-order valence-electron chi connectivity index (χ1n) is 9.53. The van der Waals surface area contributed by atoms with Crippen LogP contribution in [-0.4, -0.2) is 34.1 Å². The number of hydrogen-bond donors (Lipinski definition) is 1. The molecule has 0 unspecified atom stereocenters. The molecule has 7 heteroatoms. The van der Waals surface area contributed by atoms with E-state index < -0.39 is 0 Å². The van der Waals surface area contributed by atoms with Crippen molar-refractivity contribution in [1.82, 2.24) is 14.5 Å². The van der Waals surface area contributed by atoms with Crippen LogP contribution in [0.25, 0.3) is 11.0 Å². The van der Waals surface area contributed by atoms with Crippen LogP contribution in [0.5, 0.6) is 0 Å². The van der Waals surface area contributed by atoms with Crippen LogP contribution in [0.1, 0.15) is 29.8 Å². The van der Waals surface area contributed by atoms with Crippen molar-refractivity contribution in [2.45, 2.75) is 32.6 Å². The predicted octanol–water partition coefficient (Wildman–Crippen LogP) is 3.75. The summed E-state index contributed by atoms with van der Waals surface area (Å²) in [6.07, 6.45) is 4.10. The zero-order valence-electron chi connectivity index (χ0n) is 16.5. The molecule has 3 rings (SSSR count). The second kappa shape index (κ2) is 10.8. The van der Waals surface area contributed by atoms with Crippen molar-refractivity contribution in [3.05, 3.63) is 53.5 Å². The number of aromatic nitrogens is 3. The van der Waals surface area contributed by atoms with Gasteiger partial charge in [-0.2, -0.15) is 0 Å². The number of benzene rings is 1. The summed E-state index contributed by atoms with van der Waals surface area (Å²) in [6, 6.07) is 10.0. The number of hydrogen-bond acceptors (Lipinski definition) is 5. The van der Waals surface area contributed by atoms with E-state index in [1.165, 1.54) is 0 Å². The summed E-state index contributed by atoms with van der Waals surface area (Å²) in [5, 5.41) is 0. The van der Waals surface area contributed by atoms with E-state index in [9.17, 15) is 0 Å². The van der Waals surface area contributed by atoms with Crippen LogP contribution < -0.4 is 5.73 Å². The molecule has 2 heterocycles. The van der Waals surface area contributed by atoms with Crippen molar-refractivity contribution in [2.75, 3.05) is 25.3 Å². The molecular formula is C22H25ClN4O2. The van der Waals surface area contributed by atoms with Crippen molar-refractivity contribution in [2.24, 2.45) is 0 Å². The summed E-state index contributed by atoms with van der Waals surface area (Å²) in [5.41, 5.74) is 9.66. The van der Waals surface area contributed by atoms with Gasteiger partial charge in [-0.05, 0) is 12.0 Å². The lowest BCUT2D eigenvalue weighted by Crippen LogP contribution is -2.07. The minimum Gasteiger partial charge on any atom is -0.384 e. The third-order valence-corrected chi connectivity index (χ3v) is 4.58. The lowest BCUT2D eigenvalue weighted by Gasteiger charge is -2.09. The van der Waals surface area contributed by atoms with Gasteiger partial charge in [-0.3, -0.25) is 0 Å². The lowest BCUT2D eigenvalue weighted by molar-refractivity contribution is 0.0668. The van der Waals surface area contributed by atoms with E-state index in [0.717, 1.165) is 35.0 Å². The number of unbranched alkanes of at least 4 members (excludes halogenated alkanes) is 1. The summed E-state index contributed by atoms with van der Waals surface area (Å²) >= 11 is 5.74. The van der Waals surface area contributed by atoms with Crippen LogP contribution in [0, 0.1) is 11.8 Å². The Morgan fingerprint density at radius 3 is 2.79 bits per heavy atom. The van der Waals surface area contributed by atoms with Gasteiger partial charge < -0.3 is 19.8 Å². The molecule has 0 spiro atoms. The number of fused-ring (bicyclic) bond motifs is 1. The number of ether oxygens (including phenoxy) is 2. The molecule has 0 bridgehead atoms. The molecule has 0 aliphatic rings. The van der Waals surface area contributed by atoms with Gasteiger partial charge in [0.25, 0.3) is 0 Å². The Hall–Kier alpha value is -2.59. The number of rotatable bonds is 9. The number of nitrogens with two attached hydrogens (primary N) is 1. The normalized spacial score (nSPS) is 10.8. The Kier molecular flexibility index (Phi) is 7.88. The Labute approximate surface area is 176 Å². The van der Waals surface area contributed by atoms with Gasteiger partial charge in [-0.15, -0.1) is 11.6 Å². The average Bonchev–Trinajstić information content (AvgIpc) is 3.08. The van der Waals surface area contributed by atoms with E-state index in [0.29, 0.717) is 43.9 Å². The maximum absolute atomic E-state index is 6.27. The van der Waals surface area contributed by atoms with Gasteiger partial charge in [0.1, 0.15) is 23.6 Å². The smallest absolute Gasteiger partial charge is 0.151 e. The second-order valence-corrected chi connectivity index (χ2v) is 6.91. The minimum absolute atomic E-state index is 0.333. The molecule has 29 heavy (non-hydrogen) atoms. The fourth-order valence-corrected chi connectivity index (χ4v) is 3.05. The molecule has 0 saturated carbocycles. The number of nitrogen functional groups attached to an aromatic ring is 1. The highest BCUT2D eigenvalue weighted by molar-refractivity contribution is 6.17. The van der Waals surface area contributed by atoms with E-state index in [1.807, 2.05) is 41.1 Å². The average molecular weight is 413 g/mol. The molecule has 1 aromatic carbocycles. The monoisotopic (exact) mass is 412 g/mol. The van der Waals surface area contributed by atoms with Gasteiger partial charge in [0, 0.05) is 32.0 Å².